The summed E-state index contributed by atoms with van der Waals surface area (Å²) in [6.07, 6.45) is -4.28. The van der Waals surface area contributed by atoms with Crippen LogP contribution in [0.1, 0.15) is 36.1 Å². The van der Waals surface area contributed by atoms with E-state index in [4.69, 9.17) is 11.6 Å². The Hall–Kier alpha value is -3.04. The summed E-state index contributed by atoms with van der Waals surface area (Å²) < 4.78 is 68.1. The maximum absolute atomic E-state index is 13.5. The summed E-state index contributed by atoms with van der Waals surface area (Å²) in [4.78, 5) is 12.8. The van der Waals surface area contributed by atoms with Crippen LogP contribution < -0.4 is 9.62 Å². The lowest BCUT2D eigenvalue weighted by molar-refractivity contribution is -0.137. The van der Waals surface area contributed by atoms with Crippen LogP contribution in [0.2, 0.25) is 5.02 Å². The van der Waals surface area contributed by atoms with Gasteiger partial charge in [0.15, 0.2) is 0 Å². The van der Waals surface area contributed by atoms with E-state index in [0.717, 1.165) is 23.3 Å². The van der Waals surface area contributed by atoms with Crippen LogP contribution in [0.5, 0.6) is 0 Å². The molecule has 0 fully saturated rings. The minimum absolute atomic E-state index is 0.158. The van der Waals surface area contributed by atoms with Gasteiger partial charge < -0.3 is 5.32 Å². The zero-order valence-electron chi connectivity index (χ0n) is 19.0. The number of alkyl halides is 3. The molecule has 0 spiro atoms. The predicted molar refractivity (Wildman–Crippen MR) is 130 cm³/mol. The number of rotatable bonds is 8. The quantitative estimate of drug-likeness (QED) is 0.385. The van der Waals surface area contributed by atoms with E-state index in [9.17, 15) is 26.4 Å². The molecule has 3 rings (SSSR count). The molecule has 0 aliphatic heterocycles. The predicted octanol–water partition coefficient (Wildman–Crippen LogP) is 6.13. The summed E-state index contributed by atoms with van der Waals surface area (Å²) in [7, 11) is -4.39. The van der Waals surface area contributed by atoms with Crippen LogP contribution in [0.3, 0.4) is 0 Å². The molecule has 186 valence electrons. The molecule has 0 aliphatic rings. The van der Waals surface area contributed by atoms with Gasteiger partial charge in [0.25, 0.3) is 10.0 Å². The molecule has 3 aromatic rings. The lowest BCUT2D eigenvalue weighted by atomic mass is 10.0. The number of carbonyl (C=O) groups is 1. The van der Waals surface area contributed by atoms with Crippen LogP contribution >= 0.6 is 11.6 Å². The first-order chi connectivity index (χ1) is 16.4. The van der Waals surface area contributed by atoms with Gasteiger partial charge in [-0.05, 0) is 49.2 Å². The van der Waals surface area contributed by atoms with Gasteiger partial charge >= 0.3 is 6.18 Å². The van der Waals surface area contributed by atoms with Crippen molar-refractivity contribution < 1.29 is 26.4 Å². The van der Waals surface area contributed by atoms with E-state index in [0.29, 0.717) is 16.8 Å². The second-order valence-corrected chi connectivity index (χ2v) is 10.2. The average Bonchev–Trinajstić information content (AvgIpc) is 2.81. The van der Waals surface area contributed by atoms with Crippen LogP contribution in [0, 0.1) is 6.92 Å². The first-order valence-electron chi connectivity index (χ1n) is 10.7. The minimum Gasteiger partial charge on any atom is -0.348 e. The summed E-state index contributed by atoms with van der Waals surface area (Å²) >= 11 is 5.73. The standard InChI is InChI=1S/C25H24ClF3N2O3S/c1-3-23(18-7-5-4-6-8-18)30-24(32)16-31(35(33,34)20-12-9-17(2)10-13-20)19-11-14-22(26)21(15-19)25(27,28)29/h4-15,23H,3,16H2,1-2H3,(H,30,32)/t23-/m0/s1. The number of halogens is 4. The Morgan fingerprint density at radius 3 is 2.23 bits per heavy atom. The van der Waals surface area contributed by atoms with Crippen molar-refractivity contribution in [3.63, 3.8) is 0 Å². The van der Waals surface area contributed by atoms with Crippen LogP contribution in [-0.2, 0) is 21.0 Å². The highest BCUT2D eigenvalue weighted by Crippen LogP contribution is 2.38. The normalized spacial score (nSPS) is 12.7. The third-order valence-electron chi connectivity index (χ3n) is 5.38. The van der Waals surface area contributed by atoms with Gasteiger partial charge in [-0.25, -0.2) is 8.42 Å². The molecular weight excluding hydrogens is 501 g/mol. The molecule has 0 bridgehead atoms. The Kier molecular flexibility index (Phi) is 8.12. The van der Waals surface area contributed by atoms with Crippen molar-refractivity contribution in [3.8, 4) is 0 Å². The van der Waals surface area contributed by atoms with Crippen molar-refractivity contribution in [3.05, 3.63) is 94.5 Å². The van der Waals surface area contributed by atoms with Crippen molar-refractivity contribution in [2.24, 2.45) is 0 Å². The van der Waals surface area contributed by atoms with E-state index in [-0.39, 0.29) is 10.6 Å². The third kappa shape index (κ3) is 6.35. The number of nitrogens with zero attached hydrogens (tertiary/aromatic N) is 1. The van der Waals surface area contributed by atoms with Crippen molar-refractivity contribution in [1.82, 2.24) is 5.32 Å². The number of hydrogen-bond acceptors (Lipinski definition) is 3. The lowest BCUT2D eigenvalue weighted by Crippen LogP contribution is -2.42. The molecule has 0 aromatic heterocycles. The number of aryl methyl sites for hydroxylation is 1. The Morgan fingerprint density at radius 1 is 1.03 bits per heavy atom. The van der Waals surface area contributed by atoms with Crippen molar-refractivity contribution in [2.45, 2.75) is 37.4 Å². The lowest BCUT2D eigenvalue weighted by Gasteiger charge is -2.26. The topological polar surface area (TPSA) is 66.5 Å². The minimum atomic E-state index is -4.81. The Morgan fingerprint density at radius 2 is 1.66 bits per heavy atom. The highest BCUT2D eigenvalue weighted by atomic mass is 35.5. The fourth-order valence-corrected chi connectivity index (χ4v) is 5.15. The number of amides is 1. The second kappa shape index (κ2) is 10.7. The molecule has 10 heteroatoms. The van der Waals surface area contributed by atoms with Gasteiger partial charge in [0.05, 0.1) is 27.2 Å². The summed E-state index contributed by atoms with van der Waals surface area (Å²) in [5.41, 5.74) is 0.0944. The number of carbonyl (C=O) groups excluding carboxylic acids is 1. The second-order valence-electron chi connectivity index (χ2n) is 7.93. The number of nitrogens with one attached hydrogen (secondary N) is 1. The van der Waals surface area contributed by atoms with Crippen LogP contribution in [0.25, 0.3) is 0 Å². The summed E-state index contributed by atoms with van der Waals surface area (Å²) in [6, 6.07) is 17.3. The molecule has 0 unspecified atom stereocenters. The van der Waals surface area contributed by atoms with E-state index in [2.05, 4.69) is 5.32 Å². The van der Waals surface area contributed by atoms with Crippen LogP contribution in [0.15, 0.2) is 77.7 Å². The van der Waals surface area contributed by atoms with Gasteiger partial charge in [-0.2, -0.15) is 13.2 Å². The van der Waals surface area contributed by atoms with Crippen molar-refractivity contribution in [1.29, 1.82) is 0 Å². The first-order valence-corrected chi connectivity index (χ1v) is 12.6. The molecule has 1 amide bonds. The van der Waals surface area contributed by atoms with Crippen LogP contribution in [-0.4, -0.2) is 20.9 Å². The molecule has 1 atom stereocenters. The summed E-state index contributed by atoms with van der Waals surface area (Å²) in [5.74, 6) is -0.667. The Balaban J connectivity index is 2.02. The maximum Gasteiger partial charge on any atom is 0.417 e. The van der Waals surface area contributed by atoms with Gasteiger partial charge in [-0.15, -0.1) is 0 Å². The van der Waals surface area contributed by atoms with Crippen molar-refractivity contribution >= 4 is 33.2 Å². The van der Waals surface area contributed by atoms with Gasteiger partial charge in [-0.1, -0.05) is 66.6 Å². The summed E-state index contributed by atoms with van der Waals surface area (Å²) in [6.45, 7) is 2.90. The smallest absolute Gasteiger partial charge is 0.348 e. The highest BCUT2D eigenvalue weighted by molar-refractivity contribution is 7.92. The van der Waals surface area contributed by atoms with Gasteiger partial charge in [0.2, 0.25) is 5.91 Å². The molecule has 0 radical (unpaired) electrons. The van der Waals surface area contributed by atoms with E-state index in [1.807, 2.05) is 37.3 Å². The number of sulfonamides is 1. The SMILES string of the molecule is CC[C@H](NC(=O)CN(c1ccc(Cl)c(C(F)(F)F)c1)S(=O)(=O)c1ccc(C)cc1)c1ccccc1. The molecule has 0 saturated heterocycles. The molecule has 0 saturated carbocycles. The molecule has 35 heavy (non-hydrogen) atoms. The molecule has 0 aliphatic carbocycles. The summed E-state index contributed by atoms with van der Waals surface area (Å²) in [5, 5.41) is 2.20. The number of benzene rings is 3. The molecule has 1 N–H and O–H groups in total. The number of anilines is 1. The monoisotopic (exact) mass is 524 g/mol. The van der Waals surface area contributed by atoms with E-state index in [1.165, 1.54) is 12.1 Å². The largest absolute Gasteiger partial charge is 0.417 e. The van der Waals surface area contributed by atoms with Crippen molar-refractivity contribution in [2.75, 3.05) is 10.8 Å². The number of hydrogen-bond donors (Lipinski definition) is 1. The van der Waals surface area contributed by atoms with Gasteiger partial charge in [-0.3, -0.25) is 9.10 Å². The van der Waals surface area contributed by atoms with E-state index < -0.39 is 45.3 Å². The molecule has 5 nitrogen and oxygen atoms in total. The van der Waals surface area contributed by atoms with E-state index >= 15 is 0 Å². The average molecular weight is 525 g/mol. The fourth-order valence-electron chi connectivity index (χ4n) is 3.51. The zero-order valence-corrected chi connectivity index (χ0v) is 20.6. The maximum atomic E-state index is 13.5. The van der Waals surface area contributed by atoms with Crippen LogP contribution in [0.4, 0.5) is 18.9 Å². The van der Waals surface area contributed by atoms with Gasteiger partial charge in [0, 0.05) is 0 Å². The molecule has 3 aromatic carbocycles. The third-order valence-corrected chi connectivity index (χ3v) is 7.50. The first kappa shape index (κ1) is 26.6. The Labute approximate surface area is 207 Å². The highest BCUT2D eigenvalue weighted by Gasteiger charge is 2.35. The molecule has 0 heterocycles. The molecular formula is C25H24ClF3N2O3S. The van der Waals surface area contributed by atoms with E-state index in [1.54, 1.807) is 19.1 Å². The Bertz CT molecular complexity index is 1280. The van der Waals surface area contributed by atoms with Gasteiger partial charge in [0.1, 0.15) is 6.54 Å². The zero-order chi connectivity index (χ0) is 25.8. The fraction of sp³-hybridized carbons (Fsp3) is 0.240.